The van der Waals surface area contributed by atoms with Crippen LogP contribution in [0.2, 0.25) is 10.0 Å². The predicted octanol–water partition coefficient (Wildman–Crippen LogP) is 3.54. The Labute approximate surface area is 169 Å². The Hall–Kier alpha value is -2.83. The largest absolute Gasteiger partial charge is 0.273 e. The lowest BCUT2D eigenvalue weighted by atomic mass is 10.2. The smallest absolute Gasteiger partial charge is 0.267 e. The number of para-hydroxylation sites is 1. The lowest BCUT2D eigenvalue weighted by molar-refractivity contribution is 0.975. The first-order chi connectivity index (χ1) is 13.0. The summed E-state index contributed by atoms with van der Waals surface area (Å²) >= 11 is 13.5. The van der Waals surface area contributed by atoms with E-state index in [-0.39, 0.29) is 15.8 Å². The van der Waals surface area contributed by atoms with E-state index in [4.69, 9.17) is 23.2 Å². The van der Waals surface area contributed by atoms with Crippen LogP contribution >= 0.6 is 34.5 Å². The third-order valence-corrected chi connectivity index (χ3v) is 5.64. The van der Waals surface area contributed by atoms with E-state index in [1.165, 1.54) is 4.57 Å². The summed E-state index contributed by atoms with van der Waals surface area (Å²) in [7, 11) is 0. The van der Waals surface area contributed by atoms with Crippen LogP contribution in [0, 0.1) is 29.6 Å². The molecule has 1 aromatic heterocycles. The third kappa shape index (κ3) is 3.54. The Balaban J connectivity index is 2.48. The molecule has 0 N–H and O–H groups in total. The molecule has 2 aromatic carbocycles. The molecule has 0 unspecified atom stereocenters. The molecule has 132 valence electrons. The highest BCUT2D eigenvalue weighted by Gasteiger charge is 2.13. The first-order valence-electron chi connectivity index (χ1n) is 7.76. The number of thiazole rings is 1. The molecule has 0 aliphatic rings. The minimum Gasteiger partial charge on any atom is -0.267 e. The maximum absolute atomic E-state index is 13.1. The monoisotopic (exact) mass is 411 g/mol. The van der Waals surface area contributed by atoms with Crippen LogP contribution in [0.5, 0.6) is 0 Å². The summed E-state index contributed by atoms with van der Waals surface area (Å²) in [4.78, 5) is 13.1. The average Bonchev–Trinajstić information content (AvgIpc) is 2.96. The van der Waals surface area contributed by atoms with Gasteiger partial charge in [0.05, 0.1) is 10.2 Å². The Morgan fingerprint density at radius 1 is 1.07 bits per heavy atom. The fraction of sp³-hybridized carbons (Fsp3) is 0.0500. The molecule has 0 aliphatic carbocycles. The quantitative estimate of drug-likeness (QED) is 0.647. The topological polar surface area (TPSA) is 69.6 Å². The molecular formula is C20H11Cl2N3OS. The van der Waals surface area contributed by atoms with Crippen molar-refractivity contribution in [2.75, 3.05) is 0 Å². The number of hydrogen-bond acceptors (Lipinski definition) is 4. The molecule has 3 aromatic rings. The fourth-order valence-corrected chi connectivity index (χ4v) is 4.12. The summed E-state index contributed by atoms with van der Waals surface area (Å²) in [5.74, 6) is 0. The third-order valence-electron chi connectivity index (χ3n) is 3.89. The van der Waals surface area contributed by atoms with Crippen LogP contribution in [0.1, 0.15) is 11.1 Å². The van der Waals surface area contributed by atoms with Gasteiger partial charge in [0.15, 0.2) is 5.57 Å². The fourth-order valence-electron chi connectivity index (χ4n) is 2.58. The first kappa shape index (κ1) is 18.9. The van der Waals surface area contributed by atoms with Gasteiger partial charge in [0.1, 0.15) is 16.8 Å². The van der Waals surface area contributed by atoms with Crippen molar-refractivity contribution in [3.8, 4) is 17.8 Å². The predicted molar refractivity (Wildman–Crippen MR) is 109 cm³/mol. The molecule has 4 nitrogen and oxygen atoms in total. The zero-order valence-corrected chi connectivity index (χ0v) is 16.4. The molecule has 0 radical (unpaired) electrons. The van der Waals surface area contributed by atoms with Crippen molar-refractivity contribution in [3.05, 3.63) is 83.2 Å². The van der Waals surface area contributed by atoms with Crippen molar-refractivity contribution in [1.29, 1.82) is 10.5 Å². The molecule has 7 heteroatoms. The Kier molecular flexibility index (Phi) is 5.48. The summed E-state index contributed by atoms with van der Waals surface area (Å²) in [6, 6.07) is 16.1. The number of hydrogen-bond donors (Lipinski definition) is 0. The zero-order chi connectivity index (χ0) is 19.6. The zero-order valence-electron chi connectivity index (χ0n) is 14.0. The minimum atomic E-state index is -0.344. The highest BCUT2D eigenvalue weighted by atomic mass is 35.5. The van der Waals surface area contributed by atoms with Gasteiger partial charge in [-0.3, -0.25) is 9.36 Å². The second-order valence-corrected chi connectivity index (χ2v) is 7.42. The van der Waals surface area contributed by atoms with Crippen molar-refractivity contribution in [3.63, 3.8) is 0 Å². The summed E-state index contributed by atoms with van der Waals surface area (Å²) in [5, 5.41) is 19.5. The molecule has 0 saturated carbocycles. The van der Waals surface area contributed by atoms with E-state index in [1.54, 1.807) is 36.4 Å². The molecule has 1 heterocycles. The number of aromatic nitrogens is 1. The lowest BCUT2D eigenvalue weighted by Gasteiger charge is -2.05. The van der Waals surface area contributed by atoms with Gasteiger partial charge >= 0.3 is 0 Å². The highest BCUT2D eigenvalue weighted by molar-refractivity contribution is 7.07. The molecule has 0 amide bonds. The number of rotatable bonds is 2. The number of halogens is 2. The van der Waals surface area contributed by atoms with E-state index in [0.29, 0.717) is 25.8 Å². The van der Waals surface area contributed by atoms with Crippen molar-refractivity contribution in [2.45, 2.75) is 6.92 Å². The van der Waals surface area contributed by atoms with Gasteiger partial charge in [0, 0.05) is 15.6 Å². The summed E-state index contributed by atoms with van der Waals surface area (Å²) in [6.07, 6.45) is 1.59. The standard InChI is InChI=1S/C20H11Cl2N3OS/c1-12-5-2-3-8-17(12)25-19(26)18(27-20(25)13(10-23)11-24)9-14-15(21)6-4-7-16(14)22/h2-9H,1H3. The van der Waals surface area contributed by atoms with Gasteiger partial charge in [0.25, 0.3) is 5.56 Å². The number of benzene rings is 2. The molecular weight excluding hydrogens is 401 g/mol. The van der Waals surface area contributed by atoms with Gasteiger partial charge in [0.2, 0.25) is 0 Å². The SMILES string of the molecule is Cc1ccccc1-n1c(=C(C#N)C#N)sc(=Cc2c(Cl)cccc2Cl)c1=O. The number of nitriles is 2. The Morgan fingerprint density at radius 2 is 1.70 bits per heavy atom. The average molecular weight is 412 g/mol. The van der Waals surface area contributed by atoms with Crippen molar-refractivity contribution in [2.24, 2.45) is 0 Å². The van der Waals surface area contributed by atoms with E-state index in [1.807, 2.05) is 31.2 Å². The minimum absolute atomic E-state index is 0.134. The highest BCUT2D eigenvalue weighted by Crippen LogP contribution is 2.24. The maximum atomic E-state index is 13.1. The number of aryl methyl sites for hydroxylation is 1. The van der Waals surface area contributed by atoms with Gasteiger partial charge in [-0.15, -0.1) is 11.3 Å². The van der Waals surface area contributed by atoms with Crippen LogP contribution in [0.25, 0.3) is 17.3 Å². The van der Waals surface area contributed by atoms with Gasteiger partial charge in [-0.2, -0.15) is 10.5 Å². The van der Waals surface area contributed by atoms with Crippen LogP contribution < -0.4 is 14.8 Å². The first-order valence-corrected chi connectivity index (χ1v) is 9.33. The second-order valence-electron chi connectivity index (χ2n) is 5.58. The van der Waals surface area contributed by atoms with Crippen LogP contribution in [0.15, 0.2) is 47.3 Å². The summed E-state index contributed by atoms with van der Waals surface area (Å²) < 4.78 is 1.98. The van der Waals surface area contributed by atoms with Crippen LogP contribution in [-0.2, 0) is 0 Å². The Bertz CT molecular complexity index is 1270. The van der Waals surface area contributed by atoms with Crippen LogP contribution in [-0.4, -0.2) is 4.57 Å². The van der Waals surface area contributed by atoms with Crippen molar-refractivity contribution in [1.82, 2.24) is 4.57 Å². The normalized spacial score (nSPS) is 11.1. The van der Waals surface area contributed by atoms with Crippen molar-refractivity contribution < 1.29 is 0 Å². The molecule has 0 fully saturated rings. The van der Waals surface area contributed by atoms with E-state index in [0.717, 1.165) is 16.9 Å². The van der Waals surface area contributed by atoms with Gasteiger partial charge in [-0.1, -0.05) is 47.5 Å². The Morgan fingerprint density at radius 3 is 2.30 bits per heavy atom. The molecule has 3 rings (SSSR count). The van der Waals surface area contributed by atoms with Crippen LogP contribution in [0.4, 0.5) is 0 Å². The molecule has 0 bridgehead atoms. The molecule has 0 atom stereocenters. The van der Waals surface area contributed by atoms with Crippen LogP contribution in [0.3, 0.4) is 0 Å². The molecule has 27 heavy (non-hydrogen) atoms. The van der Waals surface area contributed by atoms with Gasteiger partial charge in [-0.25, -0.2) is 0 Å². The van der Waals surface area contributed by atoms with Gasteiger partial charge < -0.3 is 0 Å². The molecule has 0 spiro atoms. The van der Waals surface area contributed by atoms with E-state index in [2.05, 4.69) is 0 Å². The van der Waals surface area contributed by atoms with E-state index < -0.39 is 0 Å². The number of nitrogens with zero attached hydrogens (tertiary/aromatic N) is 3. The summed E-state index contributed by atoms with van der Waals surface area (Å²) in [5.41, 5.74) is 1.49. The molecule has 0 saturated heterocycles. The second kappa shape index (κ2) is 7.82. The lowest BCUT2D eigenvalue weighted by Crippen LogP contribution is -2.31. The van der Waals surface area contributed by atoms with Crippen molar-refractivity contribution >= 4 is 46.2 Å². The van der Waals surface area contributed by atoms with E-state index >= 15 is 0 Å². The summed E-state index contributed by atoms with van der Waals surface area (Å²) in [6.45, 7) is 1.86. The van der Waals surface area contributed by atoms with E-state index in [9.17, 15) is 15.3 Å². The van der Waals surface area contributed by atoms with Gasteiger partial charge in [-0.05, 0) is 36.8 Å². The molecule has 0 aliphatic heterocycles. The maximum Gasteiger partial charge on any atom is 0.273 e.